The molecule has 0 saturated heterocycles. The summed E-state index contributed by atoms with van der Waals surface area (Å²) in [6, 6.07) is 0. The van der Waals surface area contributed by atoms with Gasteiger partial charge >= 0.3 is 0 Å². The molecule has 13 atom stereocenters. The zero-order chi connectivity index (χ0) is 22.4. The molecule has 0 bridgehead atoms. The van der Waals surface area contributed by atoms with E-state index in [0.29, 0.717) is 31.6 Å². The number of fused-ring (bicyclic) bond motifs is 5. The highest BCUT2D eigenvalue weighted by Crippen LogP contribution is 2.69. The standard InChI is InChI=1S/C25H45O3P3/c1-5-6-7-15(2)17-8-9-18-21-19(11-13-24(17,18)3)25(4)12-10-16(31-26)14-20(25)22(27-29)23(21)28-30/h15-23H,5-14,29-30H2,1-4H3/t15-,16+,17?,18?,19?,20-,21?,22-,23+,24+,25+/m0/s1. The molecule has 6 heteroatoms. The van der Waals surface area contributed by atoms with E-state index in [1.54, 1.807) is 0 Å². The highest BCUT2D eigenvalue weighted by molar-refractivity contribution is 7.24. The van der Waals surface area contributed by atoms with Crippen LogP contribution in [0.15, 0.2) is 0 Å². The molecule has 4 aliphatic carbocycles. The molecule has 4 rings (SSSR count). The Morgan fingerprint density at radius 1 is 0.968 bits per heavy atom. The van der Waals surface area contributed by atoms with Crippen LogP contribution in [0.2, 0.25) is 0 Å². The maximum absolute atomic E-state index is 11.8. The summed E-state index contributed by atoms with van der Waals surface area (Å²) in [5.41, 5.74) is 1.00. The Kier molecular flexibility index (Phi) is 7.95. The van der Waals surface area contributed by atoms with Gasteiger partial charge in [0.25, 0.3) is 0 Å². The van der Waals surface area contributed by atoms with E-state index in [-0.39, 0.29) is 23.3 Å². The Labute approximate surface area is 197 Å². The van der Waals surface area contributed by atoms with Gasteiger partial charge in [-0.1, -0.05) is 47.0 Å². The maximum atomic E-state index is 11.8. The van der Waals surface area contributed by atoms with Crippen molar-refractivity contribution in [2.24, 2.45) is 46.3 Å². The quantitative estimate of drug-likeness (QED) is 0.346. The molecule has 0 aromatic carbocycles. The van der Waals surface area contributed by atoms with Crippen molar-refractivity contribution in [2.75, 3.05) is 0 Å². The monoisotopic (exact) mass is 486 g/mol. The van der Waals surface area contributed by atoms with Crippen molar-refractivity contribution in [1.29, 1.82) is 0 Å². The Balaban J connectivity index is 1.66. The SMILES string of the molecule is CCCC[C@H](C)C1CCC2C3C(CC[C@@]21C)[C@@]1(C)CC[C@@H](P=O)C[C@H]1[C@H](OP)[C@@H]3OP. The summed E-state index contributed by atoms with van der Waals surface area (Å²) in [6.07, 6.45) is 13.0. The van der Waals surface area contributed by atoms with Gasteiger partial charge in [-0.15, -0.1) is 0 Å². The van der Waals surface area contributed by atoms with Crippen LogP contribution < -0.4 is 0 Å². The van der Waals surface area contributed by atoms with Gasteiger partial charge in [-0.05, 0) is 91.3 Å². The average Bonchev–Trinajstić information content (AvgIpc) is 3.13. The highest BCUT2D eigenvalue weighted by Gasteiger charge is 2.66. The third-order valence-corrected chi connectivity index (χ3v) is 12.3. The summed E-state index contributed by atoms with van der Waals surface area (Å²) in [6.45, 7) is 10.0. The van der Waals surface area contributed by atoms with Crippen molar-refractivity contribution in [2.45, 2.75) is 110 Å². The number of hydrogen-bond donors (Lipinski definition) is 0. The van der Waals surface area contributed by atoms with Gasteiger partial charge in [0.1, 0.15) is 0 Å². The third kappa shape index (κ3) is 4.04. The van der Waals surface area contributed by atoms with Crippen LogP contribution in [0.3, 0.4) is 0 Å². The summed E-state index contributed by atoms with van der Waals surface area (Å²) >= 11 is 0. The normalized spacial score (nSPS) is 50.5. The van der Waals surface area contributed by atoms with Crippen molar-refractivity contribution in [3.05, 3.63) is 0 Å². The lowest BCUT2D eigenvalue weighted by Gasteiger charge is -2.64. The second-order valence-electron chi connectivity index (χ2n) is 12.0. The third-order valence-electron chi connectivity index (χ3n) is 10.9. The van der Waals surface area contributed by atoms with Crippen molar-refractivity contribution >= 4 is 27.4 Å². The van der Waals surface area contributed by atoms with E-state index in [2.05, 4.69) is 46.6 Å². The van der Waals surface area contributed by atoms with Gasteiger partial charge in [-0.2, -0.15) is 0 Å². The second-order valence-corrected chi connectivity index (χ2v) is 13.5. The van der Waals surface area contributed by atoms with Crippen LogP contribution in [0.1, 0.15) is 91.9 Å². The minimum atomic E-state index is 0.0808. The van der Waals surface area contributed by atoms with E-state index >= 15 is 0 Å². The topological polar surface area (TPSA) is 35.5 Å². The molecule has 178 valence electrons. The second kappa shape index (κ2) is 9.86. The molecule has 0 aromatic rings. The molecule has 4 aliphatic rings. The van der Waals surface area contributed by atoms with Gasteiger partial charge in [-0.25, -0.2) is 0 Å². The van der Waals surface area contributed by atoms with E-state index in [0.717, 1.165) is 30.6 Å². The lowest BCUT2D eigenvalue weighted by atomic mass is 9.43. The molecule has 0 radical (unpaired) electrons. The predicted molar refractivity (Wildman–Crippen MR) is 135 cm³/mol. The molecule has 0 heterocycles. The lowest BCUT2D eigenvalue weighted by Crippen LogP contribution is -2.64. The van der Waals surface area contributed by atoms with Crippen LogP contribution in [0.25, 0.3) is 0 Å². The first-order valence-corrected chi connectivity index (χ1v) is 14.7. The average molecular weight is 487 g/mol. The van der Waals surface area contributed by atoms with Crippen molar-refractivity contribution in [1.82, 2.24) is 0 Å². The van der Waals surface area contributed by atoms with E-state index < -0.39 is 0 Å². The fraction of sp³-hybridized carbons (Fsp3) is 1.00. The zero-order valence-electron chi connectivity index (χ0n) is 20.1. The van der Waals surface area contributed by atoms with Crippen molar-refractivity contribution < 1.29 is 13.6 Å². The highest BCUT2D eigenvalue weighted by atomic mass is 31.1. The first kappa shape index (κ1) is 25.0. The first-order chi connectivity index (χ1) is 14.9. The Morgan fingerprint density at radius 2 is 1.65 bits per heavy atom. The molecule has 4 fully saturated rings. The van der Waals surface area contributed by atoms with Gasteiger partial charge in [-0.3, -0.25) is 4.57 Å². The van der Waals surface area contributed by atoms with Gasteiger partial charge in [0.15, 0.2) is 8.46 Å². The van der Waals surface area contributed by atoms with Crippen LogP contribution in [-0.4, -0.2) is 17.9 Å². The molecule has 3 nitrogen and oxygen atoms in total. The Bertz CT molecular complexity index is 648. The van der Waals surface area contributed by atoms with Crippen molar-refractivity contribution in [3.8, 4) is 0 Å². The molecule has 6 unspecified atom stereocenters. The van der Waals surface area contributed by atoms with Crippen LogP contribution in [0.4, 0.5) is 0 Å². The lowest BCUT2D eigenvalue weighted by molar-refractivity contribution is -0.195. The Morgan fingerprint density at radius 3 is 2.29 bits per heavy atom. The number of rotatable bonds is 7. The summed E-state index contributed by atoms with van der Waals surface area (Å²) in [5, 5.41) is 0. The van der Waals surface area contributed by atoms with E-state index in [1.807, 2.05) is 0 Å². The van der Waals surface area contributed by atoms with Gasteiger partial charge in [0.2, 0.25) is 0 Å². The first-order valence-electron chi connectivity index (χ1n) is 12.9. The molecule has 0 N–H and O–H groups in total. The summed E-state index contributed by atoms with van der Waals surface area (Å²) in [7, 11) is 5.48. The summed E-state index contributed by atoms with van der Waals surface area (Å²) in [4.78, 5) is 0. The van der Waals surface area contributed by atoms with E-state index in [1.165, 1.54) is 51.4 Å². The number of hydrogen-bond acceptors (Lipinski definition) is 3. The van der Waals surface area contributed by atoms with Crippen molar-refractivity contribution in [3.63, 3.8) is 0 Å². The fourth-order valence-corrected chi connectivity index (χ4v) is 10.6. The van der Waals surface area contributed by atoms with Gasteiger partial charge in [0.05, 0.1) is 12.2 Å². The van der Waals surface area contributed by atoms with Crippen LogP contribution in [-0.2, 0) is 13.6 Å². The van der Waals surface area contributed by atoms with Gasteiger partial charge in [0, 0.05) is 24.6 Å². The molecule has 31 heavy (non-hydrogen) atoms. The molecule has 0 aromatic heterocycles. The molecule has 4 saturated carbocycles. The van der Waals surface area contributed by atoms with E-state index in [9.17, 15) is 4.57 Å². The smallest absolute Gasteiger partial charge is 0.158 e. The fourth-order valence-electron chi connectivity index (χ4n) is 9.32. The van der Waals surface area contributed by atoms with Crippen LogP contribution >= 0.6 is 27.4 Å². The van der Waals surface area contributed by atoms with Crippen LogP contribution in [0, 0.1) is 46.3 Å². The Hall–Kier alpha value is 0.880. The van der Waals surface area contributed by atoms with Gasteiger partial charge < -0.3 is 9.05 Å². The summed E-state index contributed by atoms with van der Waals surface area (Å²) < 4.78 is 24.1. The molecule has 0 amide bonds. The predicted octanol–water partition coefficient (Wildman–Crippen LogP) is 7.70. The molecule has 0 aliphatic heterocycles. The largest absolute Gasteiger partial charge is 0.359 e. The zero-order valence-corrected chi connectivity index (χ0v) is 23.3. The number of unbranched alkanes of at least 4 members (excludes halogenated alkanes) is 1. The van der Waals surface area contributed by atoms with Crippen LogP contribution in [0.5, 0.6) is 0 Å². The minimum Gasteiger partial charge on any atom is -0.359 e. The molecular formula is C25H45O3P3. The minimum absolute atomic E-state index is 0.0808. The molecular weight excluding hydrogens is 441 g/mol. The summed E-state index contributed by atoms with van der Waals surface area (Å²) in [5.74, 6) is 4.13. The van der Waals surface area contributed by atoms with E-state index in [4.69, 9.17) is 9.05 Å². The maximum Gasteiger partial charge on any atom is 0.158 e. The molecule has 0 spiro atoms.